The molecule has 2 aromatic heterocycles. The van der Waals surface area contributed by atoms with Crippen molar-refractivity contribution < 1.29 is 22.7 Å². The Kier molecular flexibility index (Phi) is 4.92. The fraction of sp³-hybridized carbons (Fsp3) is 0.125. The van der Waals surface area contributed by atoms with Crippen LogP contribution in [-0.4, -0.2) is 31.9 Å². The van der Waals surface area contributed by atoms with Crippen LogP contribution < -0.4 is 15.4 Å². The molecule has 0 unspecified atom stereocenters. The molecule has 2 amide bonds. The molecule has 27 heavy (non-hydrogen) atoms. The predicted octanol–water partition coefficient (Wildman–Crippen LogP) is 3.51. The average Bonchev–Trinajstić information content (AvgIpc) is 3.02. The standard InChI is InChI=1S/C16H13F3N6O2/c1-10-20-6-7-25(10)14-21-8-11(9-22-14)23-15(26)24-12-4-2-3-5-13(12)27-16(17,18)19/h2-9H,1H3,(H2,23,24,26). The van der Waals surface area contributed by atoms with Gasteiger partial charge in [0, 0.05) is 12.4 Å². The molecule has 1 aromatic carbocycles. The van der Waals surface area contributed by atoms with Crippen molar-refractivity contribution in [3.05, 3.63) is 54.9 Å². The van der Waals surface area contributed by atoms with Gasteiger partial charge in [0.1, 0.15) is 5.82 Å². The van der Waals surface area contributed by atoms with E-state index >= 15 is 0 Å². The van der Waals surface area contributed by atoms with Crippen LogP contribution in [0.2, 0.25) is 0 Å². The number of rotatable bonds is 4. The van der Waals surface area contributed by atoms with Crippen molar-refractivity contribution in [2.45, 2.75) is 13.3 Å². The van der Waals surface area contributed by atoms with Crippen LogP contribution in [0.4, 0.5) is 29.3 Å². The Morgan fingerprint density at radius 1 is 1.11 bits per heavy atom. The van der Waals surface area contributed by atoms with Crippen LogP contribution in [0.1, 0.15) is 5.82 Å². The van der Waals surface area contributed by atoms with E-state index < -0.39 is 18.1 Å². The van der Waals surface area contributed by atoms with Gasteiger partial charge in [-0.05, 0) is 19.1 Å². The minimum absolute atomic E-state index is 0.140. The number of halogens is 3. The van der Waals surface area contributed by atoms with E-state index in [2.05, 4.69) is 30.3 Å². The number of carbonyl (C=O) groups is 1. The van der Waals surface area contributed by atoms with Crippen molar-refractivity contribution in [1.82, 2.24) is 19.5 Å². The smallest absolute Gasteiger partial charge is 0.404 e. The normalized spacial score (nSPS) is 11.1. The maximum absolute atomic E-state index is 12.4. The Hall–Kier alpha value is -3.63. The molecule has 0 spiro atoms. The van der Waals surface area contributed by atoms with E-state index in [1.807, 2.05) is 0 Å². The van der Waals surface area contributed by atoms with Gasteiger partial charge in [-0.15, -0.1) is 13.2 Å². The third-order valence-electron chi connectivity index (χ3n) is 3.30. The Morgan fingerprint density at radius 2 is 1.81 bits per heavy atom. The number of carbonyl (C=O) groups excluding carboxylic acids is 1. The molecule has 11 heteroatoms. The van der Waals surface area contributed by atoms with E-state index in [4.69, 9.17) is 0 Å². The number of amides is 2. The highest BCUT2D eigenvalue weighted by atomic mass is 19.4. The number of para-hydroxylation sites is 2. The Labute approximate surface area is 151 Å². The molecule has 0 bridgehead atoms. The lowest BCUT2D eigenvalue weighted by molar-refractivity contribution is -0.274. The molecule has 0 aliphatic rings. The highest BCUT2D eigenvalue weighted by Gasteiger charge is 2.32. The van der Waals surface area contributed by atoms with Crippen LogP contribution in [0, 0.1) is 6.92 Å². The van der Waals surface area contributed by atoms with E-state index in [0.29, 0.717) is 11.8 Å². The van der Waals surface area contributed by atoms with Gasteiger partial charge < -0.3 is 15.4 Å². The summed E-state index contributed by atoms with van der Waals surface area (Å²) in [7, 11) is 0. The third-order valence-corrected chi connectivity index (χ3v) is 3.30. The zero-order chi connectivity index (χ0) is 19.4. The highest BCUT2D eigenvalue weighted by Crippen LogP contribution is 2.29. The van der Waals surface area contributed by atoms with E-state index in [-0.39, 0.29) is 11.4 Å². The van der Waals surface area contributed by atoms with Crippen LogP contribution in [0.3, 0.4) is 0 Å². The van der Waals surface area contributed by atoms with Crippen molar-refractivity contribution in [2.75, 3.05) is 10.6 Å². The lowest BCUT2D eigenvalue weighted by atomic mass is 10.3. The molecule has 2 heterocycles. The van der Waals surface area contributed by atoms with Crippen LogP contribution in [-0.2, 0) is 0 Å². The van der Waals surface area contributed by atoms with Crippen molar-refractivity contribution in [2.24, 2.45) is 0 Å². The molecule has 0 aliphatic heterocycles. The van der Waals surface area contributed by atoms with E-state index in [9.17, 15) is 18.0 Å². The summed E-state index contributed by atoms with van der Waals surface area (Å²) in [5.41, 5.74) is 0.113. The number of ether oxygens (including phenoxy) is 1. The number of nitrogens with zero attached hydrogens (tertiary/aromatic N) is 4. The summed E-state index contributed by atoms with van der Waals surface area (Å²) in [5.74, 6) is 0.525. The molecular weight excluding hydrogens is 365 g/mol. The largest absolute Gasteiger partial charge is 0.573 e. The first kappa shape index (κ1) is 18.2. The van der Waals surface area contributed by atoms with Gasteiger partial charge in [0.05, 0.1) is 23.8 Å². The number of hydrogen-bond donors (Lipinski definition) is 2. The van der Waals surface area contributed by atoms with Crippen LogP contribution in [0.25, 0.3) is 5.95 Å². The summed E-state index contributed by atoms with van der Waals surface area (Å²) in [4.78, 5) is 24.3. The van der Waals surface area contributed by atoms with E-state index in [0.717, 1.165) is 6.07 Å². The van der Waals surface area contributed by atoms with Gasteiger partial charge in [0.25, 0.3) is 0 Å². The molecule has 0 fully saturated rings. The topological polar surface area (TPSA) is 94.0 Å². The van der Waals surface area contributed by atoms with E-state index in [1.54, 1.807) is 23.9 Å². The summed E-state index contributed by atoms with van der Waals surface area (Å²) >= 11 is 0. The number of anilines is 2. The number of aromatic nitrogens is 4. The van der Waals surface area contributed by atoms with E-state index in [1.165, 1.54) is 30.6 Å². The lowest BCUT2D eigenvalue weighted by Crippen LogP contribution is -2.22. The number of benzene rings is 1. The average molecular weight is 378 g/mol. The van der Waals surface area contributed by atoms with Crippen molar-refractivity contribution >= 4 is 17.4 Å². The van der Waals surface area contributed by atoms with Gasteiger partial charge in [-0.1, -0.05) is 12.1 Å². The quantitative estimate of drug-likeness (QED) is 0.725. The van der Waals surface area contributed by atoms with Crippen molar-refractivity contribution in [1.29, 1.82) is 0 Å². The fourth-order valence-corrected chi connectivity index (χ4v) is 2.17. The van der Waals surface area contributed by atoms with Crippen molar-refractivity contribution in [3.8, 4) is 11.7 Å². The lowest BCUT2D eigenvalue weighted by Gasteiger charge is -2.14. The molecule has 2 N–H and O–H groups in total. The molecule has 0 radical (unpaired) electrons. The first-order valence-electron chi connectivity index (χ1n) is 7.57. The zero-order valence-electron chi connectivity index (χ0n) is 13.9. The first-order chi connectivity index (χ1) is 12.8. The summed E-state index contributed by atoms with van der Waals surface area (Å²) in [6, 6.07) is 4.42. The molecule has 3 rings (SSSR count). The molecular formula is C16H13F3N6O2. The Morgan fingerprint density at radius 3 is 2.44 bits per heavy atom. The minimum Gasteiger partial charge on any atom is -0.404 e. The number of nitrogens with one attached hydrogen (secondary N) is 2. The zero-order valence-corrected chi connectivity index (χ0v) is 13.9. The van der Waals surface area contributed by atoms with Gasteiger partial charge in [-0.25, -0.2) is 19.7 Å². The second kappa shape index (κ2) is 7.32. The van der Waals surface area contributed by atoms with Gasteiger partial charge in [0.15, 0.2) is 5.75 Å². The molecule has 8 nitrogen and oxygen atoms in total. The SMILES string of the molecule is Cc1nccn1-c1ncc(NC(=O)Nc2ccccc2OC(F)(F)F)cn1. The summed E-state index contributed by atoms with van der Waals surface area (Å²) in [6.45, 7) is 1.78. The molecule has 0 atom stereocenters. The fourth-order valence-electron chi connectivity index (χ4n) is 2.17. The molecule has 0 saturated carbocycles. The third kappa shape index (κ3) is 4.71. The maximum Gasteiger partial charge on any atom is 0.573 e. The molecule has 3 aromatic rings. The first-order valence-corrected chi connectivity index (χ1v) is 7.57. The maximum atomic E-state index is 12.4. The Balaban J connectivity index is 1.67. The van der Waals surface area contributed by atoms with Gasteiger partial charge in [0.2, 0.25) is 5.95 Å². The van der Waals surface area contributed by atoms with Crippen LogP contribution >= 0.6 is 0 Å². The predicted molar refractivity (Wildman–Crippen MR) is 89.7 cm³/mol. The van der Waals surface area contributed by atoms with Crippen molar-refractivity contribution in [3.63, 3.8) is 0 Å². The molecule has 0 saturated heterocycles. The Bertz CT molecular complexity index is 940. The number of alkyl halides is 3. The molecule has 140 valence electrons. The summed E-state index contributed by atoms with van der Waals surface area (Å²) in [6.07, 6.45) is 1.13. The van der Waals surface area contributed by atoms with Gasteiger partial charge in [-0.3, -0.25) is 4.57 Å². The van der Waals surface area contributed by atoms with Gasteiger partial charge in [-0.2, -0.15) is 0 Å². The van der Waals surface area contributed by atoms with Gasteiger partial charge >= 0.3 is 12.4 Å². The van der Waals surface area contributed by atoms with Crippen LogP contribution in [0.5, 0.6) is 5.75 Å². The monoisotopic (exact) mass is 378 g/mol. The number of urea groups is 1. The second-order valence-corrected chi connectivity index (χ2v) is 5.24. The number of aryl methyl sites for hydroxylation is 1. The number of hydrogen-bond acceptors (Lipinski definition) is 5. The summed E-state index contributed by atoms with van der Waals surface area (Å²) < 4.78 is 42.8. The minimum atomic E-state index is -4.87. The highest BCUT2D eigenvalue weighted by molar-refractivity contribution is 6.00. The summed E-state index contributed by atoms with van der Waals surface area (Å²) in [5, 5.41) is 4.72. The molecule has 0 aliphatic carbocycles. The van der Waals surface area contributed by atoms with Crippen LogP contribution in [0.15, 0.2) is 49.1 Å². The number of imidazole rings is 1. The second-order valence-electron chi connectivity index (χ2n) is 5.24.